The summed E-state index contributed by atoms with van der Waals surface area (Å²) in [7, 11) is 2.03. The third kappa shape index (κ3) is 2.63. The van der Waals surface area contributed by atoms with Gasteiger partial charge in [-0.1, -0.05) is 17.7 Å². The van der Waals surface area contributed by atoms with Gasteiger partial charge in [0.05, 0.1) is 0 Å². The van der Waals surface area contributed by atoms with E-state index in [9.17, 15) is 0 Å². The molecule has 19 heavy (non-hydrogen) atoms. The molecule has 0 aliphatic carbocycles. The fourth-order valence-corrected chi connectivity index (χ4v) is 3.56. The SMILES string of the molecule is CNCc1cc(C)ccc1N1CCN2CCCC2C1. The molecule has 0 bridgehead atoms. The zero-order chi connectivity index (χ0) is 13.2. The number of piperazine rings is 1. The Kier molecular flexibility index (Phi) is 3.76. The fraction of sp³-hybridized carbons (Fsp3) is 0.625. The molecule has 0 radical (unpaired) electrons. The monoisotopic (exact) mass is 259 g/mol. The summed E-state index contributed by atoms with van der Waals surface area (Å²) in [5.74, 6) is 0. The van der Waals surface area contributed by atoms with Gasteiger partial charge in [0.1, 0.15) is 0 Å². The van der Waals surface area contributed by atoms with E-state index in [4.69, 9.17) is 0 Å². The third-order valence-electron chi connectivity index (χ3n) is 4.53. The van der Waals surface area contributed by atoms with E-state index < -0.39 is 0 Å². The van der Waals surface area contributed by atoms with E-state index in [-0.39, 0.29) is 0 Å². The molecule has 2 heterocycles. The number of aryl methyl sites for hydroxylation is 1. The molecule has 1 atom stereocenters. The second-order valence-corrected chi connectivity index (χ2v) is 5.94. The van der Waals surface area contributed by atoms with Crippen LogP contribution in [0.1, 0.15) is 24.0 Å². The van der Waals surface area contributed by atoms with Crippen molar-refractivity contribution in [2.24, 2.45) is 0 Å². The van der Waals surface area contributed by atoms with Gasteiger partial charge in [-0.2, -0.15) is 0 Å². The van der Waals surface area contributed by atoms with Gasteiger partial charge >= 0.3 is 0 Å². The van der Waals surface area contributed by atoms with Crippen LogP contribution in [-0.4, -0.2) is 44.2 Å². The summed E-state index contributed by atoms with van der Waals surface area (Å²) < 4.78 is 0. The van der Waals surface area contributed by atoms with Crippen LogP contribution in [0.5, 0.6) is 0 Å². The second-order valence-electron chi connectivity index (χ2n) is 5.94. The van der Waals surface area contributed by atoms with E-state index in [1.807, 2.05) is 7.05 Å². The van der Waals surface area contributed by atoms with Crippen LogP contribution in [0.3, 0.4) is 0 Å². The minimum absolute atomic E-state index is 0.789. The van der Waals surface area contributed by atoms with E-state index in [2.05, 4.69) is 40.2 Å². The van der Waals surface area contributed by atoms with Crippen molar-refractivity contribution in [1.82, 2.24) is 10.2 Å². The molecule has 1 aromatic carbocycles. The molecule has 2 aliphatic heterocycles. The van der Waals surface area contributed by atoms with Gasteiger partial charge in [0.2, 0.25) is 0 Å². The zero-order valence-electron chi connectivity index (χ0n) is 12.2. The summed E-state index contributed by atoms with van der Waals surface area (Å²) in [6, 6.07) is 7.67. The van der Waals surface area contributed by atoms with Crippen LogP contribution in [0.4, 0.5) is 5.69 Å². The standard InChI is InChI=1S/C16H25N3/c1-13-5-6-16(14(10-13)11-17-2)19-9-8-18-7-3-4-15(18)12-19/h5-6,10,15,17H,3-4,7-9,11-12H2,1-2H3. The van der Waals surface area contributed by atoms with Crippen molar-refractivity contribution < 1.29 is 0 Å². The number of rotatable bonds is 3. The lowest BCUT2D eigenvalue weighted by atomic mass is 10.1. The smallest absolute Gasteiger partial charge is 0.0413 e. The Labute approximate surface area is 116 Å². The number of hydrogen-bond donors (Lipinski definition) is 1. The summed E-state index contributed by atoms with van der Waals surface area (Å²) in [5.41, 5.74) is 4.23. The molecule has 2 fully saturated rings. The van der Waals surface area contributed by atoms with Crippen LogP contribution in [0, 0.1) is 6.92 Å². The molecule has 0 aromatic heterocycles. The number of nitrogens with one attached hydrogen (secondary N) is 1. The highest BCUT2D eigenvalue weighted by molar-refractivity contribution is 5.55. The zero-order valence-corrected chi connectivity index (χ0v) is 12.2. The number of benzene rings is 1. The third-order valence-corrected chi connectivity index (χ3v) is 4.53. The van der Waals surface area contributed by atoms with Gasteiger partial charge in [0.25, 0.3) is 0 Å². The van der Waals surface area contributed by atoms with Crippen LogP contribution >= 0.6 is 0 Å². The molecular weight excluding hydrogens is 234 g/mol. The van der Waals surface area contributed by atoms with E-state index in [1.165, 1.54) is 55.8 Å². The maximum atomic E-state index is 3.30. The van der Waals surface area contributed by atoms with Crippen LogP contribution in [0.25, 0.3) is 0 Å². The topological polar surface area (TPSA) is 18.5 Å². The Hall–Kier alpha value is -1.06. The summed E-state index contributed by atoms with van der Waals surface area (Å²) >= 11 is 0. The largest absolute Gasteiger partial charge is 0.368 e. The number of nitrogens with zero attached hydrogens (tertiary/aromatic N) is 2. The minimum atomic E-state index is 0.789. The van der Waals surface area contributed by atoms with Crippen molar-refractivity contribution in [3.63, 3.8) is 0 Å². The van der Waals surface area contributed by atoms with Gasteiger partial charge in [-0.05, 0) is 45.0 Å². The average Bonchev–Trinajstić information content (AvgIpc) is 2.86. The molecule has 3 rings (SSSR count). The van der Waals surface area contributed by atoms with Crippen LogP contribution < -0.4 is 10.2 Å². The number of fused-ring (bicyclic) bond motifs is 1. The molecule has 0 amide bonds. The van der Waals surface area contributed by atoms with Crippen molar-refractivity contribution >= 4 is 5.69 Å². The van der Waals surface area contributed by atoms with Crippen molar-refractivity contribution in [1.29, 1.82) is 0 Å². The Balaban J connectivity index is 1.81. The van der Waals surface area contributed by atoms with E-state index in [0.717, 1.165) is 12.6 Å². The Bertz CT molecular complexity index is 444. The molecule has 0 saturated carbocycles. The first-order valence-electron chi connectivity index (χ1n) is 7.51. The lowest BCUT2D eigenvalue weighted by Gasteiger charge is -2.39. The van der Waals surface area contributed by atoms with Gasteiger partial charge in [0, 0.05) is 37.9 Å². The average molecular weight is 259 g/mol. The number of anilines is 1. The molecule has 104 valence electrons. The van der Waals surface area contributed by atoms with Crippen LogP contribution in [-0.2, 0) is 6.54 Å². The Morgan fingerprint density at radius 1 is 1.26 bits per heavy atom. The van der Waals surface area contributed by atoms with Crippen LogP contribution in [0.15, 0.2) is 18.2 Å². The first-order valence-corrected chi connectivity index (χ1v) is 7.51. The highest BCUT2D eigenvalue weighted by Gasteiger charge is 2.31. The molecule has 2 saturated heterocycles. The van der Waals surface area contributed by atoms with E-state index >= 15 is 0 Å². The highest BCUT2D eigenvalue weighted by Crippen LogP contribution is 2.28. The molecule has 3 nitrogen and oxygen atoms in total. The molecule has 3 heteroatoms. The second kappa shape index (κ2) is 5.51. The molecular formula is C16H25N3. The lowest BCUT2D eigenvalue weighted by molar-refractivity contribution is 0.231. The molecule has 1 N–H and O–H groups in total. The summed E-state index contributed by atoms with van der Waals surface area (Å²) in [4.78, 5) is 5.26. The minimum Gasteiger partial charge on any atom is -0.368 e. The predicted molar refractivity (Wildman–Crippen MR) is 80.8 cm³/mol. The first-order chi connectivity index (χ1) is 9.28. The quantitative estimate of drug-likeness (QED) is 0.895. The van der Waals surface area contributed by atoms with Gasteiger partial charge in [-0.15, -0.1) is 0 Å². The van der Waals surface area contributed by atoms with Crippen molar-refractivity contribution in [3.05, 3.63) is 29.3 Å². The number of hydrogen-bond acceptors (Lipinski definition) is 3. The summed E-state index contributed by atoms with van der Waals surface area (Å²) in [5, 5.41) is 3.30. The normalized spacial score (nSPS) is 23.7. The molecule has 1 aromatic rings. The molecule has 1 unspecified atom stereocenters. The predicted octanol–water partition coefficient (Wildman–Crippen LogP) is 2.00. The molecule has 0 spiro atoms. The van der Waals surface area contributed by atoms with Gasteiger partial charge < -0.3 is 10.2 Å². The Morgan fingerprint density at radius 3 is 3.00 bits per heavy atom. The van der Waals surface area contributed by atoms with Gasteiger partial charge in [-0.3, -0.25) is 4.90 Å². The van der Waals surface area contributed by atoms with Gasteiger partial charge in [-0.25, -0.2) is 0 Å². The van der Waals surface area contributed by atoms with Crippen molar-refractivity contribution in [2.45, 2.75) is 32.4 Å². The first kappa shape index (κ1) is 12.9. The van der Waals surface area contributed by atoms with E-state index in [0.29, 0.717) is 0 Å². The highest BCUT2D eigenvalue weighted by atomic mass is 15.3. The summed E-state index contributed by atoms with van der Waals surface area (Å²) in [6.07, 6.45) is 2.76. The van der Waals surface area contributed by atoms with Gasteiger partial charge in [0.15, 0.2) is 0 Å². The maximum Gasteiger partial charge on any atom is 0.0413 e. The Morgan fingerprint density at radius 2 is 2.16 bits per heavy atom. The maximum absolute atomic E-state index is 3.30. The fourth-order valence-electron chi connectivity index (χ4n) is 3.56. The summed E-state index contributed by atoms with van der Waals surface area (Å²) in [6.45, 7) is 8.07. The van der Waals surface area contributed by atoms with Crippen LogP contribution in [0.2, 0.25) is 0 Å². The van der Waals surface area contributed by atoms with E-state index in [1.54, 1.807) is 0 Å². The molecule has 2 aliphatic rings. The van der Waals surface area contributed by atoms with Crippen molar-refractivity contribution in [3.8, 4) is 0 Å². The lowest BCUT2D eigenvalue weighted by Crippen LogP contribution is -2.50. The van der Waals surface area contributed by atoms with Crippen molar-refractivity contribution in [2.75, 3.05) is 38.1 Å².